The molecule has 0 atom stereocenters. The number of pyridine rings is 1. The lowest BCUT2D eigenvalue weighted by atomic mass is 10.1. The van der Waals surface area contributed by atoms with Crippen LogP contribution in [0, 0.1) is 6.92 Å². The van der Waals surface area contributed by atoms with E-state index in [0.717, 1.165) is 24.2 Å². The fraction of sp³-hybridized carbons (Fsp3) is 0.294. The van der Waals surface area contributed by atoms with Crippen LogP contribution in [0.15, 0.2) is 36.4 Å². The highest BCUT2D eigenvalue weighted by Gasteiger charge is 2.08. The molecule has 0 bridgehead atoms. The third-order valence-corrected chi connectivity index (χ3v) is 3.22. The van der Waals surface area contributed by atoms with E-state index < -0.39 is 0 Å². The lowest BCUT2D eigenvalue weighted by molar-refractivity contribution is 0.102. The van der Waals surface area contributed by atoms with Crippen LogP contribution in [-0.2, 0) is 6.42 Å². The first-order chi connectivity index (χ1) is 10.1. The maximum Gasteiger partial charge on any atom is 0.255 e. The highest BCUT2D eigenvalue weighted by atomic mass is 16.1. The zero-order chi connectivity index (χ0) is 15.2. The van der Waals surface area contributed by atoms with Crippen LogP contribution in [-0.4, -0.2) is 17.9 Å². The molecule has 1 heterocycles. The number of hydrogen-bond acceptors (Lipinski definition) is 3. The minimum absolute atomic E-state index is 0.125. The van der Waals surface area contributed by atoms with Crippen molar-refractivity contribution >= 4 is 17.4 Å². The van der Waals surface area contributed by atoms with Gasteiger partial charge in [0.05, 0.1) is 0 Å². The van der Waals surface area contributed by atoms with E-state index >= 15 is 0 Å². The summed E-state index contributed by atoms with van der Waals surface area (Å²) >= 11 is 0. The molecule has 0 spiro atoms. The van der Waals surface area contributed by atoms with Crippen LogP contribution < -0.4 is 10.6 Å². The normalized spacial score (nSPS) is 10.2. The van der Waals surface area contributed by atoms with Crippen LogP contribution in [0.3, 0.4) is 0 Å². The van der Waals surface area contributed by atoms with Gasteiger partial charge in [-0.15, -0.1) is 0 Å². The van der Waals surface area contributed by atoms with Crippen molar-refractivity contribution in [3.8, 4) is 0 Å². The Morgan fingerprint density at radius 3 is 2.52 bits per heavy atom. The van der Waals surface area contributed by atoms with E-state index in [1.807, 2.05) is 19.1 Å². The van der Waals surface area contributed by atoms with Gasteiger partial charge < -0.3 is 10.6 Å². The van der Waals surface area contributed by atoms with Gasteiger partial charge in [-0.2, -0.15) is 0 Å². The van der Waals surface area contributed by atoms with Crippen molar-refractivity contribution in [3.05, 3.63) is 53.2 Å². The van der Waals surface area contributed by atoms with Crippen LogP contribution >= 0.6 is 0 Å². The van der Waals surface area contributed by atoms with Crippen molar-refractivity contribution < 1.29 is 4.79 Å². The van der Waals surface area contributed by atoms with Gasteiger partial charge in [0.25, 0.3) is 5.91 Å². The molecule has 0 aliphatic rings. The summed E-state index contributed by atoms with van der Waals surface area (Å²) in [5, 5.41) is 5.87. The number of nitrogens with zero attached hydrogens (tertiary/aromatic N) is 1. The molecule has 0 aliphatic carbocycles. The van der Waals surface area contributed by atoms with Gasteiger partial charge in [0, 0.05) is 24.0 Å². The van der Waals surface area contributed by atoms with Crippen molar-refractivity contribution in [1.82, 2.24) is 4.98 Å². The summed E-state index contributed by atoms with van der Waals surface area (Å²) in [7, 11) is 1.79. The van der Waals surface area contributed by atoms with E-state index in [1.165, 1.54) is 5.56 Å². The fourth-order valence-corrected chi connectivity index (χ4v) is 2.17. The summed E-state index contributed by atoms with van der Waals surface area (Å²) in [4.78, 5) is 16.6. The van der Waals surface area contributed by atoms with Gasteiger partial charge in [0.15, 0.2) is 0 Å². The summed E-state index contributed by atoms with van der Waals surface area (Å²) < 4.78 is 0. The van der Waals surface area contributed by atoms with Gasteiger partial charge in [-0.05, 0) is 43.2 Å². The Morgan fingerprint density at radius 1 is 1.19 bits per heavy atom. The third-order valence-electron chi connectivity index (χ3n) is 3.22. The average molecular weight is 283 g/mol. The maximum atomic E-state index is 12.3. The quantitative estimate of drug-likeness (QED) is 0.881. The number of anilines is 2. The van der Waals surface area contributed by atoms with Crippen LogP contribution in [0.1, 0.15) is 35.0 Å². The maximum absolute atomic E-state index is 12.3. The number of benzene rings is 1. The third kappa shape index (κ3) is 4.05. The van der Waals surface area contributed by atoms with Gasteiger partial charge in [-0.3, -0.25) is 4.79 Å². The Morgan fingerprint density at radius 2 is 1.90 bits per heavy atom. The van der Waals surface area contributed by atoms with E-state index in [2.05, 4.69) is 34.7 Å². The molecule has 0 saturated carbocycles. The monoisotopic (exact) mass is 283 g/mol. The largest absolute Gasteiger partial charge is 0.373 e. The predicted molar refractivity (Wildman–Crippen MR) is 86.9 cm³/mol. The van der Waals surface area contributed by atoms with E-state index in [1.54, 1.807) is 19.2 Å². The zero-order valence-corrected chi connectivity index (χ0v) is 12.7. The first-order valence-corrected chi connectivity index (χ1v) is 7.19. The van der Waals surface area contributed by atoms with Gasteiger partial charge in [-0.1, -0.05) is 25.5 Å². The Kier molecular flexibility index (Phi) is 4.93. The molecule has 4 nitrogen and oxygen atoms in total. The fourth-order valence-electron chi connectivity index (χ4n) is 2.17. The number of nitrogens with one attached hydrogen (secondary N) is 2. The molecular weight excluding hydrogens is 262 g/mol. The number of aryl methyl sites for hydroxylation is 2. The first-order valence-electron chi connectivity index (χ1n) is 7.19. The molecule has 0 unspecified atom stereocenters. The molecule has 0 fully saturated rings. The minimum atomic E-state index is -0.125. The van der Waals surface area contributed by atoms with Gasteiger partial charge in [0.1, 0.15) is 5.82 Å². The molecule has 2 N–H and O–H groups in total. The van der Waals surface area contributed by atoms with E-state index in [0.29, 0.717) is 11.4 Å². The Bertz CT molecular complexity index is 620. The zero-order valence-electron chi connectivity index (χ0n) is 12.7. The lowest BCUT2D eigenvalue weighted by Gasteiger charge is -2.08. The highest BCUT2D eigenvalue weighted by Crippen LogP contribution is 2.14. The standard InChI is InChI=1S/C17H21N3O/c1-4-5-13-6-8-15(9-7-13)20-17(21)14-10-12(2)19-16(11-14)18-3/h6-11H,4-5H2,1-3H3,(H,18,19)(H,20,21). The van der Waals surface area contributed by atoms with E-state index in [9.17, 15) is 4.79 Å². The van der Waals surface area contributed by atoms with Gasteiger partial charge in [0.2, 0.25) is 0 Å². The Labute approximate surface area is 125 Å². The van der Waals surface area contributed by atoms with Crippen molar-refractivity contribution in [3.63, 3.8) is 0 Å². The molecule has 1 amide bonds. The molecule has 0 saturated heterocycles. The van der Waals surface area contributed by atoms with Crippen LogP contribution in [0.5, 0.6) is 0 Å². The topological polar surface area (TPSA) is 54.0 Å². The second kappa shape index (κ2) is 6.88. The molecule has 21 heavy (non-hydrogen) atoms. The first kappa shape index (κ1) is 15.0. The highest BCUT2D eigenvalue weighted by molar-refractivity contribution is 6.04. The molecule has 1 aromatic carbocycles. The number of aromatic nitrogens is 1. The summed E-state index contributed by atoms with van der Waals surface area (Å²) in [6.07, 6.45) is 2.18. The van der Waals surface area contributed by atoms with Crippen molar-refractivity contribution in [1.29, 1.82) is 0 Å². The number of hydrogen-bond donors (Lipinski definition) is 2. The summed E-state index contributed by atoms with van der Waals surface area (Å²) in [5.74, 6) is 0.568. The second-order valence-electron chi connectivity index (χ2n) is 5.03. The SMILES string of the molecule is CCCc1ccc(NC(=O)c2cc(C)nc(NC)c2)cc1. The van der Waals surface area contributed by atoms with E-state index in [-0.39, 0.29) is 5.91 Å². The van der Waals surface area contributed by atoms with Crippen molar-refractivity contribution in [2.45, 2.75) is 26.7 Å². The van der Waals surface area contributed by atoms with Crippen molar-refractivity contribution in [2.75, 3.05) is 17.7 Å². The molecule has 0 radical (unpaired) electrons. The smallest absolute Gasteiger partial charge is 0.255 e. The number of amides is 1. The molecule has 2 rings (SSSR count). The Hall–Kier alpha value is -2.36. The molecule has 4 heteroatoms. The Balaban J connectivity index is 2.12. The summed E-state index contributed by atoms with van der Waals surface area (Å²) in [6, 6.07) is 11.5. The molecule has 110 valence electrons. The number of rotatable bonds is 5. The number of carbonyl (C=O) groups excluding carboxylic acids is 1. The lowest BCUT2D eigenvalue weighted by Crippen LogP contribution is -2.13. The summed E-state index contributed by atoms with van der Waals surface area (Å²) in [6.45, 7) is 4.03. The number of carbonyl (C=O) groups is 1. The molecule has 1 aromatic heterocycles. The predicted octanol–water partition coefficient (Wildman–Crippen LogP) is 3.64. The molecule has 0 aliphatic heterocycles. The van der Waals surface area contributed by atoms with Crippen LogP contribution in [0.4, 0.5) is 11.5 Å². The van der Waals surface area contributed by atoms with E-state index in [4.69, 9.17) is 0 Å². The van der Waals surface area contributed by atoms with Gasteiger partial charge in [-0.25, -0.2) is 4.98 Å². The van der Waals surface area contributed by atoms with Crippen LogP contribution in [0.2, 0.25) is 0 Å². The van der Waals surface area contributed by atoms with Crippen LogP contribution in [0.25, 0.3) is 0 Å². The minimum Gasteiger partial charge on any atom is -0.373 e. The summed E-state index contributed by atoms with van der Waals surface area (Å²) in [5.41, 5.74) is 3.50. The molecule has 2 aromatic rings. The van der Waals surface area contributed by atoms with Crippen molar-refractivity contribution in [2.24, 2.45) is 0 Å². The molecular formula is C17H21N3O. The average Bonchev–Trinajstić information content (AvgIpc) is 2.48. The second-order valence-corrected chi connectivity index (χ2v) is 5.03. The van der Waals surface area contributed by atoms with Gasteiger partial charge >= 0.3 is 0 Å².